The summed E-state index contributed by atoms with van der Waals surface area (Å²) in [4.78, 5) is 11.6. The normalized spacial score (nSPS) is 11.9. The van der Waals surface area contributed by atoms with Gasteiger partial charge in [-0.25, -0.2) is 0 Å². The summed E-state index contributed by atoms with van der Waals surface area (Å²) in [6.45, 7) is 0.271. The Hall–Kier alpha value is -1.55. The van der Waals surface area contributed by atoms with Crippen molar-refractivity contribution in [1.29, 1.82) is 0 Å². The van der Waals surface area contributed by atoms with Crippen LogP contribution in [-0.4, -0.2) is 33.9 Å². The SMILES string of the molecule is COCC(C(=O)OC)c1ccccc1OC. The van der Waals surface area contributed by atoms with E-state index in [0.29, 0.717) is 5.75 Å². The van der Waals surface area contributed by atoms with Crippen LogP contribution in [0, 0.1) is 0 Å². The van der Waals surface area contributed by atoms with Gasteiger partial charge in [0.1, 0.15) is 11.7 Å². The second-order valence-corrected chi connectivity index (χ2v) is 3.27. The molecule has 88 valence electrons. The second kappa shape index (κ2) is 6.12. The summed E-state index contributed by atoms with van der Waals surface area (Å²) in [5.74, 6) is -0.118. The van der Waals surface area contributed by atoms with Gasteiger partial charge in [-0.05, 0) is 6.07 Å². The third-order valence-electron chi connectivity index (χ3n) is 2.33. The maximum absolute atomic E-state index is 11.6. The molecule has 0 N–H and O–H groups in total. The van der Waals surface area contributed by atoms with E-state index in [1.807, 2.05) is 18.2 Å². The fraction of sp³-hybridized carbons (Fsp3) is 0.417. The van der Waals surface area contributed by atoms with Crippen molar-refractivity contribution in [1.82, 2.24) is 0 Å². The highest BCUT2D eigenvalue weighted by Gasteiger charge is 2.24. The van der Waals surface area contributed by atoms with Crippen molar-refractivity contribution in [2.75, 3.05) is 27.9 Å². The Balaban J connectivity index is 3.04. The molecule has 1 atom stereocenters. The zero-order valence-corrected chi connectivity index (χ0v) is 9.73. The third-order valence-corrected chi connectivity index (χ3v) is 2.33. The van der Waals surface area contributed by atoms with Gasteiger partial charge >= 0.3 is 5.97 Å². The number of ether oxygens (including phenoxy) is 3. The molecule has 0 saturated heterocycles. The largest absolute Gasteiger partial charge is 0.496 e. The van der Waals surface area contributed by atoms with E-state index in [1.54, 1.807) is 20.3 Å². The van der Waals surface area contributed by atoms with Gasteiger partial charge in [-0.3, -0.25) is 4.79 Å². The predicted molar refractivity (Wildman–Crippen MR) is 59.6 cm³/mol. The van der Waals surface area contributed by atoms with Gasteiger partial charge < -0.3 is 14.2 Å². The maximum Gasteiger partial charge on any atom is 0.315 e. The van der Waals surface area contributed by atoms with Crippen molar-refractivity contribution in [3.05, 3.63) is 29.8 Å². The quantitative estimate of drug-likeness (QED) is 0.712. The lowest BCUT2D eigenvalue weighted by atomic mass is 9.99. The number of carbonyl (C=O) groups excluding carboxylic acids is 1. The Labute approximate surface area is 95.1 Å². The molecule has 0 spiro atoms. The van der Waals surface area contributed by atoms with Crippen LogP contribution in [0.3, 0.4) is 0 Å². The summed E-state index contributed by atoms with van der Waals surface area (Å²) in [6, 6.07) is 7.34. The van der Waals surface area contributed by atoms with Crippen molar-refractivity contribution < 1.29 is 19.0 Å². The van der Waals surface area contributed by atoms with Gasteiger partial charge in [0, 0.05) is 12.7 Å². The van der Waals surface area contributed by atoms with Gasteiger partial charge in [-0.1, -0.05) is 18.2 Å². The summed E-state index contributed by atoms with van der Waals surface area (Å²) < 4.78 is 15.0. The van der Waals surface area contributed by atoms with E-state index in [2.05, 4.69) is 0 Å². The van der Waals surface area contributed by atoms with Crippen molar-refractivity contribution >= 4 is 5.97 Å². The summed E-state index contributed by atoms with van der Waals surface area (Å²) in [5.41, 5.74) is 0.777. The summed E-state index contributed by atoms with van der Waals surface area (Å²) in [6.07, 6.45) is 0. The fourth-order valence-electron chi connectivity index (χ4n) is 1.55. The molecular weight excluding hydrogens is 208 g/mol. The van der Waals surface area contributed by atoms with Crippen LogP contribution in [0.25, 0.3) is 0 Å². The minimum atomic E-state index is -0.453. The highest BCUT2D eigenvalue weighted by Crippen LogP contribution is 2.27. The summed E-state index contributed by atoms with van der Waals surface area (Å²) in [5, 5.41) is 0. The van der Waals surface area contributed by atoms with E-state index >= 15 is 0 Å². The van der Waals surface area contributed by atoms with E-state index in [9.17, 15) is 4.79 Å². The molecule has 0 saturated carbocycles. The number of carbonyl (C=O) groups is 1. The molecule has 0 amide bonds. The Morgan fingerprint density at radius 2 is 1.94 bits per heavy atom. The molecule has 1 rings (SSSR count). The molecule has 0 fully saturated rings. The molecule has 0 radical (unpaired) electrons. The van der Waals surface area contributed by atoms with E-state index in [4.69, 9.17) is 14.2 Å². The lowest BCUT2D eigenvalue weighted by Crippen LogP contribution is -2.19. The molecule has 4 heteroatoms. The van der Waals surface area contributed by atoms with Crippen LogP contribution in [0.15, 0.2) is 24.3 Å². The van der Waals surface area contributed by atoms with Gasteiger partial charge in [-0.15, -0.1) is 0 Å². The lowest BCUT2D eigenvalue weighted by molar-refractivity contribution is -0.143. The smallest absolute Gasteiger partial charge is 0.315 e. The molecule has 0 aliphatic rings. The van der Waals surface area contributed by atoms with E-state index < -0.39 is 5.92 Å². The number of esters is 1. The molecule has 1 aromatic rings. The van der Waals surface area contributed by atoms with Crippen molar-refractivity contribution in [2.24, 2.45) is 0 Å². The molecule has 16 heavy (non-hydrogen) atoms. The maximum atomic E-state index is 11.6. The highest BCUT2D eigenvalue weighted by molar-refractivity contribution is 5.79. The van der Waals surface area contributed by atoms with E-state index in [1.165, 1.54) is 7.11 Å². The minimum absolute atomic E-state index is 0.271. The number of benzene rings is 1. The number of hydrogen-bond acceptors (Lipinski definition) is 4. The predicted octanol–water partition coefficient (Wildman–Crippen LogP) is 1.60. The van der Waals surface area contributed by atoms with Gasteiger partial charge in [-0.2, -0.15) is 0 Å². The Morgan fingerprint density at radius 3 is 2.50 bits per heavy atom. The van der Waals surface area contributed by atoms with E-state index in [0.717, 1.165) is 5.56 Å². The van der Waals surface area contributed by atoms with Crippen molar-refractivity contribution in [2.45, 2.75) is 5.92 Å². The average Bonchev–Trinajstić information content (AvgIpc) is 2.35. The molecule has 0 aliphatic heterocycles. The number of rotatable bonds is 5. The Kier molecular flexibility index (Phi) is 4.79. The third kappa shape index (κ3) is 2.73. The van der Waals surface area contributed by atoms with Gasteiger partial charge in [0.15, 0.2) is 0 Å². The first-order valence-corrected chi connectivity index (χ1v) is 4.94. The molecular formula is C12H16O4. The zero-order valence-electron chi connectivity index (χ0n) is 9.73. The number of hydrogen-bond donors (Lipinski definition) is 0. The van der Waals surface area contributed by atoms with Crippen LogP contribution in [0.5, 0.6) is 5.75 Å². The molecule has 0 aromatic heterocycles. The molecule has 0 bridgehead atoms. The molecule has 4 nitrogen and oxygen atoms in total. The molecule has 1 aromatic carbocycles. The average molecular weight is 224 g/mol. The van der Waals surface area contributed by atoms with Gasteiger partial charge in [0.25, 0.3) is 0 Å². The number of methoxy groups -OCH3 is 3. The van der Waals surface area contributed by atoms with Gasteiger partial charge in [0.05, 0.1) is 20.8 Å². The van der Waals surface area contributed by atoms with Crippen LogP contribution >= 0.6 is 0 Å². The summed E-state index contributed by atoms with van der Waals surface area (Å²) >= 11 is 0. The van der Waals surface area contributed by atoms with E-state index in [-0.39, 0.29) is 12.6 Å². The second-order valence-electron chi connectivity index (χ2n) is 3.27. The van der Waals surface area contributed by atoms with Crippen LogP contribution in [0.4, 0.5) is 0 Å². The number of para-hydroxylation sites is 1. The lowest BCUT2D eigenvalue weighted by Gasteiger charge is -2.16. The fourth-order valence-corrected chi connectivity index (χ4v) is 1.55. The van der Waals surface area contributed by atoms with Crippen molar-refractivity contribution in [3.63, 3.8) is 0 Å². The first-order valence-electron chi connectivity index (χ1n) is 4.94. The highest BCUT2D eigenvalue weighted by atomic mass is 16.5. The van der Waals surface area contributed by atoms with Crippen molar-refractivity contribution in [3.8, 4) is 5.75 Å². The standard InChI is InChI=1S/C12H16O4/c1-14-8-10(12(13)16-3)9-6-4-5-7-11(9)15-2/h4-7,10H,8H2,1-3H3. The monoisotopic (exact) mass is 224 g/mol. The zero-order chi connectivity index (χ0) is 12.0. The van der Waals surface area contributed by atoms with Crippen LogP contribution in [0.2, 0.25) is 0 Å². The summed E-state index contributed by atoms with van der Waals surface area (Å²) in [7, 11) is 4.48. The van der Waals surface area contributed by atoms with Gasteiger partial charge in [0.2, 0.25) is 0 Å². The van der Waals surface area contributed by atoms with Crippen LogP contribution < -0.4 is 4.74 Å². The first-order chi connectivity index (χ1) is 7.74. The Morgan fingerprint density at radius 1 is 1.25 bits per heavy atom. The van der Waals surface area contributed by atoms with Crippen LogP contribution in [0.1, 0.15) is 11.5 Å². The minimum Gasteiger partial charge on any atom is -0.496 e. The first kappa shape index (κ1) is 12.5. The molecule has 0 heterocycles. The molecule has 0 aliphatic carbocycles. The van der Waals surface area contributed by atoms with Crippen LogP contribution in [-0.2, 0) is 14.3 Å². The Bertz CT molecular complexity index is 349. The molecule has 1 unspecified atom stereocenters. The topological polar surface area (TPSA) is 44.8 Å².